The normalized spacial score (nSPS) is 11.1. The van der Waals surface area contributed by atoms with Crippen molar-refractivity contribution < 1.29 is 4.79 Å². The molecule has 0 aliphatic heterocycles. The van der Waals surface area contributed by atoms with E-state index in [2.05, 4.69) is 30.8 Å². The molecular weight excluding hydrogens is 322 g/mol. The number of imidazole rings is 1. The number of amides is 1. The highest BCUT2D eigenvalue weighted by Gasteiger charge is 2.16. The van der Waals surface area contributed by atoms with Gasteiger partial charge in [-0.05, 0) is 18.2 Å². The summed E-state index contributed by atoms with van der Waals surface area (Å²) in [6.07, 6.45) is 3.27. The second kappa shape index (κ2) is 5.44. The van der Waals surface area contributed by atoms with Crippen LogP contribution in [0.25, 0.3) is 22.4 Å². The summed E-state index contributed by atoms with van der Waals surface area (Å²) in [5, 5.41) is 14.3. The van der Waals surface area contributed by atoms with Crippen LogP contribution in [0, 0.1) is 0 Å². The van der Waals surface area contributed by atoms with Gasteiger partial charge in [0.25, 0.3) is 5.91 Å². The first-order chi connectivity index (χ1) is 12.1. The van der Waals surface area contributed by atoms with Gasteiger partial charge in [0.2, 0.25) is 5.95 Å². The highest BCUT2D eigenvalue weighted by atomic mass is 16.1. The number of anilines is 2. The monoisotopic (exact) mass is 337 g/mol. The fraction of sp³-hybridized carbons (Fsp3) is 0.133. The van der Waals surface area contributed by atoms with Gasteiger partial charge in [-0.3, -0.25) is 4.79 Å². The van der Waals surface area contributed by atoms with Crippen LogP contribution in [-0.2, 0) is 0 Å². The third kappa shape index (κ3) is 2.23. The molecule has 10 heteroatoms. The summed E-state index contributed by atoms with van der Waals surface area (Å²) in [7, 11) is 3.32. The van der Waals surface area contributed by atoms with Crippen LogP contribution in [0.1, 0.15) is 10.5 Å². The van der Waals surface area contributed by atoms with Crippen molar-refractivity contribution in [1.29, 1.82) is 0 Å². The quantitative estimate of drug-likeness (QED) is 0.494. The van der Waals surface area contributed by atoms with Gasteiger partial charge in [0, 0.05) is 25.9 Å². The first kappa shape index (κ1) is 14.9. The Bertz CT molecular complexity index is 1110. The van der Waals surface area contributed by atoms with E-state index in [-0.39, 0.29) is 11.9 Å². The average Bonchev–Trinajstić information content (AvgIpc) is 3.23. The van der Waals surface area contributed by atoms with Crippen molar-refractivity contribution in [1.82, 2.24) is 34.5 Å². The lowest BCUT2D eigenvalue weighted by molar-refractivity contribution is 0.0956. The largest absolute Gasteiger partial charge is 0.371 e. The third-order valence-corrected chi connectivity index (χ3v) is 3.86. The van der Waals surface area contributed by atoms with Crippen LogP contribution in [0.2, 0.25) is 0 Å². The average molecular weight is 337 g/mol. The number of carbonyl (C=O) groups is 1. The zero-order chi connectivity index (χ0) is 17.6. The van der Waals surface area contributed by atoms with Crippen LogP contribution in [0.5, 0.6) is 0 Å². The second-order valence-electron chi connectivity index (χ2n) is 5.30. The number of nitrogens with two attached hydrogens (primary N) is 1. The Labute approximate surface area is 141 Å². The molecule has 0 aliphatic carbocycles. The van der Waals surface area contributed by atoms with E-state index >= 15 is 0 Å². The number of hydrogen-bond donors (Lipinski definition) is 3. The topological polar surface area (TPSA) is 128 Å². The van der Waals surface area contributed by atoms with Crippen molar-refractivity contribution in [3.8, 4) is 11.3 Å². The molecule has 0 atom stereocenters. The molecule has 4 rings (SSSR count). The van der Waals surface area contributed by atoms with E-state index in [9.17, 15) is 4.79 Å². The standard InChI is InChI=1S/C15H15N9O/c1-17-13-12-8(5-6-23(12)22-15(16)20-13)9-3-4-11-19-7-10(14(25)18-2)24(11)21-9/h3-7H,1-2H3,(H,18,25)(H3,16,17,20,22). The summed E-state index contributed by atoms with van der Waals surface area (Å²) >= 11 is 0. The van der Waals surface area contributed by atoms with E-state index in [1.54, 1.807) is 30.9 Å². The van der Waals surface area contributed by atoms with E-state index in [0.29, 0.717) is 22.9 Å². The Morgan fingerprint density at radius 3 is 2.80 bits per heavy atom. The van der Waals surface area contributed by atoms with Gasteiger partial charge in [-0.25, -0.2) is 14.0 Å². The maximum atomic E-state index is 12.0. The molecule has 0 saturated carbocycles. The third-order valence-electron chi connectivity index (χ3n) is 3.86. The number of rotatable bonds is 3. The van der Waals surface area contributed by atoms with Crippen molar-refractivity contribution in [3.63, 3.8) is 0 Å². The molecule has 0 spiro atoms. The van der Waals surface area contributed by atoms with E-state index in [1.165, 1.54) is 10.7 Å². The molecular formula is C15H15N9O. The molecule has 0 unspecified atom stereocenters. The molecule has 126 valence electrons. The minimum atomic E-state index is -0.258. The number of nitrogens with zero attached hydrogens (tertiary/aromatic N) is 6. The molecule has 4 N–H and O–H groups in total. The van der Waals surface area contributed by atoms with Crippen LogP contribution in [0.4, 0.5) is 11.8 Å². The predicted octanol–water partition coefficient (Wildman–Crippen LogP) is 0.422. The molecule has 10 nitrogen and oxygen atoms in total. The predicted molar refractivity (Wildman–Crippen MR) is 92.3 cm³/mol. The molecule has 0 aromatic carbocycles. The number of aromatic nitrogens is 6. The van der Waals surface area contributed by atoms with Crippen molar-refractivity contribution in [2.75, 3.05) is 25.1 Å². The number of fused-ring (bicyclic) bond motifs is 2. The molecule has 0 radical (unpaired) electrons. The minimum Gasteiger partial charge on any atom is -0.371 e. The van der Waals surface area contributed by atoms with Gasteiger partial charge in [0.05, 0.1) is 11.9 Å². The van der Waals surface area contributed by atoms with Crippen molar-refractivity contribution in [2.24, 2.45) is 0 Å². The zero-order valence-corrected chi connectivity index (χ0v) is 13.6. The van der Waals surface area contributed by atoms with E-state index in [0.717, 1.165) is 11.1 Å². The van der Waals surface area contributed by atoms with Crippen LogP contribution in [0.15, 0.2) is 30.6 Å². The maximum Gasteiger partial charge on any atom is 0.271 e. The molecule has 0 fully saturated rings. The SMILES string of the molecule is CNC(=O)c1cnc2ccc(-c3ccn4nc(N)nc(NC)c34)nn12. The number of nitrogen functional groups attached to an aromatic ring is 1. The van der Waals surface area contributed by atoms with Gasteiger partial charge in [-0.2, -0.15) is 10.1 Å². The van der Waals surface area contributed by atoms with Gasteiger partial charge >= 0.3 is 0 Å². The second-order valence-corrected chi connectivity index (χ2v) is 5.30. The van der Waals surface area contributed by atoms with Gasteiger partial charge < -0.3 is 16.4 Å². The Hall–Kier alpha value is -3.69. The summed E-state index contributed by atoms with van der Waals surface area (Å²) < 4.78 is 3.15. The lowest BCUT2D eigenvalue weighted by Gasteiger charge is -2.07. The number of hydrogen-bond acceptors (Lipinski definition) is 7. The van der Waals surface area contributed by atoms with Crippen molar-refractivity contribution in [2.45, 2.75) is 0 Å². The Balaban J connectivity index is 1.96. The van der Waals surface area contributed by atoms with Crippen molar-refractivity contribution in [3.05, 3.63) is 36.3 Å². The first-order valence-electron chi connectivity index (χ1n) is 7.52. The number of carbonyl (C=O) groups excluding carboxylic acids is 1. The summed E-state index contributed by atoms with van der Waals surface area (Å²) in [5.74, 6) is 0.497. The summed E-state index contributed by atoms with van der Waals surface area (Å²) in [6.45, 7) is 0. The highest BCUT2D eigenvalue weighted by molar-refractivity contribution is 5.93. The summed E-state index contributed by atoms with van der Waals surface area (Å²) in [4.78, 5) is 20.4. The molecule has 4 aromatic heterocycles. The fourth-order valence-electron chi connectivity index (χ4n) is 2.72. The van der Waals surface area contributed by atoms with Crippen LogP contribution < -0.4 is 16.4 Å². The Morgan fingerprint density at radius 1 is 1.20 bits per heavy atom. The molecule has 0 saturated heterocycles. The maximum absolute atomic E-state index is 12.0. The van der Waals surface area contributed by atoms with Crippen LogP contribution >= 0.6 is 0 Å². The molecule has 1 amide bonds. The van der Waals surface area contributed by atoms with Gasteiger partial charge in [-0.1, -0.05) is 0 Å². The Morgan fingerprint density at radius 2 is 2.04 bits per heavy atom. The Kier molecular flexibility index (Phi) is 3.24. The molecule has 4 aromatic rings. The van der Waals surface area contributed by atoms with E-state index in [4.69, 9.17) is 5.73 Å². The molecule has 4 heterocycles. The highest BCUT2D eigenvalue weighted by Crippen LogP contribution is 2.28. The lowest BCUT2D eigenvalue weighted by atomic mass is 10.2. The summed E-state index contributed by atoms with van der Waals surface area (Å²) in [5.41, 5.74) is 8.87. The number of nitrogens with one attached hydrogen (secondary N) is 2. The van der Waals surface area contributed by atoms with Gasteiger partial charge in [0.1, 0.15) is 11.2 Å². The zero-order valence-electron chi connectivity index (χ0n) is 13.6. The molecule has 0 aliphatic rings. The van der Waals surface area contributed by atoms with E-state index < -0.39 is 0 Å². The summed E-state index contributed by atoms with van der Waals surface area (Å²) in [6, 6.07) is 5.51. The smallest absolute Gasteiger partial charge is 0.271 e. The fourth-order valence-corrected chi connectivity index (χ4v) is 2.72. The van der Waals surface area contributed by atoms with Crippen molar-refractivity contribution >= 4 is 28.8 Å². The van der Waals surface area contributed by atoms with Crippen LogP contribution in [0.3, 0.4) is 0 Å². The van der Waals surface area contributed by atoms with Gasteiger partial charge in [-0.15, -0.1) is 5.10 Å². The van der Waals surface area contributed by atoms with Gasteiger partial charge in [0.15, 0.2) is 11.5 Å². The minimum absolute atomic E-state index is 0.166. The lowest BCUT2D eigenvalue weighted by Crippen LogP contribution is -2.20. The first-order valence-corrected chi connectivity index (χ1v) is 7.52. The molecule has 0 bridgehead atoms. The van der Waals surface area contributed by atoms with Crippen LogP contribution in [-0.4, -0.2) is 49.2 Å². The molecule has 25 heavy (non-hydrogen) atoms. The van der Waals surface area contributed by atoms with E-state index in [1.807, 2.05) is 12.1 Å².